The number of carbonyl (C=O) groups excluding carboxylic acids is 1. The fourth-order valence-electron chi connectivity index (χ4n) is 1.67. The van der Waals surface area contributed by atoms with Gasteiger partial charge < -0.3 is 4.90 Å². The molecular weight excluding hydrogens is 214 g/mol. The average Bonchev–Trinajstić information content (AvgIpc) is 2.41. The zero-order valence-corrected chi connectivity index (χ0v) is 9.34. The number of benzene rings is 1. The number of carbonyl (C=O) groups is 1. The summed E-state index contributed by atoms with van der Waals surface area (Å²) in [5.74, 6) is -0.0509. The molecule has 0 aromatic heterocycles. The Kier molecular flexibility index (Phi) is 2.08. The Morgan fingerprint density at radius 3 is 2.60 bits per heavy atom. The fraction of sp³-hybridized carbons (Fsp3) is 0.300. The third-order valence-electron chi connectivity index (χ3n) is 2.49. The maximum Gasteiger partial charge on any atom is 0.254 e. The smallest absolute Gasteiger partial charge is 0.254 e. The molecule has 0 N–H and O–H groups in total. The van der Waals surface area contributed by atoms with Gasteiger partial charge in [0.15, 0.2) is 9.84 Å². The van der Waals surface area contributed by atoms with Gasteiger partial charge in [-0.2, -0.15) is 0 Å². The van der Waals surface area contributed by atoms with Crippen LogP contribution in [0.5, 0.6) is 0 Å². The summed E-state index contributed by atoms with van der Waals surface area (Å²) in [5, 5.41) is 0. The molecule has 0 radical (unpaired) electrons. The van der Waals surface area contributed by atoms with Crippen LogP contribution >= 0.6 is 0 Å². The Morgan fingerprint density at radius 1 is 1.33 bits per heavy atom. The molecule has 2 rings (SSSR count). The summed E-state index contributed by atoms with van der Waals surface area (Å²) in [7, 11) is -1.49. The number of sulfone groups is 1. The molecule has 0 spiro atoms. The third kappa shape index (κ3) is 1.63. The van der Waals surface area contributed by atoms with Crippen molar-refractivity contribution >= 4 is 15.7 Å². The van der Waals surface area contributed by atoms with Crippen molar-refractivity contribution in [3.63, 3.8) is 0 Å². The summed E-state index contributed by atoms with van der Waals surface area (Å²) < 4.78 is 22.6. The van der Waals surface area contributed by atoms with Crippen molar-refractivity contribution < 1.29 is 13.2 Å². The maximum absolute atomic E-state index is 11.5. The van der Waals surface area contributed by atoms with Crippen molar-refractivity contribution in [3.8, 4) is 0 Å². The number of hydrogen-bond donors (Lipinski definition) is 0. The highest BCUT2D eigenvalue weighted by atomic mass is 32.2. The molecule has 4 nitrogen and oxygen atoms in total. The van der Waals surface area contributed by atoms with Gasteiger partial charge in [0.2, 0.25) is 0 Å². The molecule has 1 aliphatic rings. The lowest BCUT2D eigenvalue weighted by molar-refractivity contribution is 0.0816. The van der Waals surface area contributed by atoms with E-state index in [-0.39, 0.29) is 10.8 Å². The Hall–Kier alpha value is -1.36. The first-order valence-corrected chi connectivity index (χ1v) is 6.37. The molecule has 1 aromatic rings. The van der Waals surface area contributed by atoms with Crippen LogP contribution < -0.4 is 0 Å². The van der Waals surface area contributed by atoms with Crippen LogP contribution in [0, 0.1) is 0 Å². The number of fused-ring (bicyclic) bond motifs is 1. The summed E-state index contributed by atoms with van der Waals surface area (Å²) in [6.07, 6.45) is 1.16. The van der Waals surface area contributed by atoms with E-state index >= 15 is 0 Å². The Bertz CT molecular complexity index is 534. The maximum atomic E-state index is 11.5. The van der Waals surface area contributed by atoms with Crippen molar-refractivity contribution in [2.24, 2.45) is 0 Å². The highest BCUT2D eigenvalue weighted by Crippen LogP contribution is 2.24. The zero-order chi connectivity index (χ0) is 11.2. The number of hydrogen-bond acceptors (Lipinski definition) is 3. The van der Waals surface area contributed by atoms with Crippen LogP contribution in [0.1, 0.15) is 15.9 Å². The van der Waals surface area contributed by atoms with E-state index in [0.29, 0.717) is 12.1 Å². The summed E-state index contributed by atoms with van der Waals surface area (Å²) in [6, 6.07) is 4.63. The molecular formula is C10H11NO3S. The van der Waals surface area contributed by atoms with Crippen LogP contribution in [0.3, 0.4) is 0 Å². The van der Waals surface area contributed by atoms with E-state index < -0.39 is 9.84 Å². The molecule has 0 unspecified atom stereocenters. The van der Waals surface area contributed by atoms with E-state index in [1.807, 2.05) is 0 Å². The lowest BCUT2D eigenvalue weighted by Gasteiger charge is -2.04. The average molecular weight is 225 g/mol. The highest BCUT2D eigenvalue weighted by Gasteiger charge is 2.25. The molecule has 0 saturated heterocycles. The Morgan fingerprint density at radius 2 is 2.00 bits per heavy atom. The van der Waals surface area contributed by atoms with Crippen molar-refractivity contribution in [2.45, 2.75) is 11.4 Å². The van der Waals surface area contributed by atoms with E-state index in [4.69, 9.17) is 0 Å². The van der Waals surface area contributed by atoms with E-state index in [2.05, 4.69) is 0 Å². The van der Waals surface area contributed by atoms with Gasteiger partial charge in [0.05, 0.1) is 4.90 Å². The largest absolute Gasteiger partial charge is 0.337 e. The van der Waals surface area contributed by atoms with Gasteiger partial charge in [0.1, 0.15) is 0 Å². The summed E-state index contributed by atoms with van der Waals surface area (Å²) in [6.45, 7) is 0.484. The minimum absolute atomic E-state index is 0.0509. The van der Waals surface area contributed by atoms with Crippen LogP contribution in [0.2, 0.25) is 0 Å². The normalized spacial score (nSPS) is 15.6. The SMILES string of the molecule is CN1Cc2cc(S(C)(=O)=O)ccc2C1=O. The number of nitrogens with zero attached hydrogens (tertiary/aromatic N) is 1. The van der Waals surface area contributed by atoms with Crippen molar-refractivity contribution in [3.05, 3.63) is 29.3 Å². The van der Waals surface area contributed by atoms with E-state index in [1.165, 1.54) is 6.07 Å². The van der Waals surface area contributed by atoms with E-state index in [9.17, 15) is 13.2 Å². The van der Waals surface area contributed by atoms with Gasteiger partial charge in [0, 0.05) is 25.4 Å². The topological polar surface area (TPSA) is 54.5 Å². The highest BCUT2D eigenvalue weighted by molar-refractivity contribution is 7.90. The van der Waals surface area contributed by atoms with Gasteiger partial charge in [-0.3, -0.25) is 4.79 Å². The van der Waals surface area contributed by atoms with Crippen LogP contribution in [0.15, 0.2) is 23.1 Å². The second-order valence-corrected chi connectivity index (χ2v) is 5.77. The van der Waals surface area contributed by atoms with E-state index in [1.54, 1.807) is 24.1 Å². The summed E-state index contributed by atoms with van der Waals surface area (Å²) in [4.78, 5) is 13.4. The third-order valence-corrected chi connectivity index (χ3v) is 3.60. The van der Waals surface area contributed by atoms with E-state index in [0.717, 1.165) is 11.8 Å². The first-order chi connectivity index (χ1) is 6.89. The van der Waals surface area contributed by atoms with Crippen molar-refractivity contribution in [1.82, 2.24) is 4.90 Å². The molecule has 1 amide bonds. The molecule has 1 heterocycles. The number of amides is 1. The zero-order valence-electron chi connectivity index (χ0n) is 8.52. The van der Waals surface area contributed by atoms with Gasteiger partial charge in [-0.05, 0) is 23.8 Å². The predicted octanol–water partition coefficient (Wildman–Crippen LogP) is 0.676. The molecule has 0 fully saturated rings. The van der Waals surface area contributed by atoms with Crippen LogP contribution in [-0.2, 0) is 16.4 Å². The first-order valence-electron chi connectivity index (χ1n) is 4.48. The molecule has 0 saturated carbocycles. The number of rotatable bonds is 1. The van der Waals surface area contributed by atoms with Gasteiger partial charge in [-0.25, -0.2) is 8.42 Å². The predicted molar refractivity (Wildman–Crippen MR) is 55.3 cm³/mol. The Labute approximate surface area is 88.4 Å². The monoisotopic (exact) mass is 225 g/mol. The lowest BCUT2D eigenvalue weighted by Crippen LogP contribution is -2.17. The van der Waals surface area contributed by atoms with Gasteiger partial charge >= 0.3 is 0 Å². The fourth-order valence-corrected chi connectivity index (χ4v) is 2.34. The van der Waals surface area contributed by atoms with Crippen LogP contribution in [-0.4, -0.2) is 32.5 Å². The summed E-state index contributed by atoms with van der Waals surface area (Å²) in [5.41, 5.74) is 1.38. The Balaban J connectivity index is 2.56. The second-order valence-electron chi connectivity index (χ2n) is 3.75. The van der Waals surface area contributed by atoms with Crippen LogP contribution in [0.4, 0.5) is 0 Å². The molecule has 80 valence electrons. The minimum Gasteiger partial charge on any atom is -0.337 e. The van der Waals surface area contributed by atoms with Crippen molar-refractivity contribution in [1.29, 1.82) is 0 Å². The molecule has 0 atom stereocenters. The molecule has 1 aliphatic heterocycles. The first kappa shape index (κ1) is 10.2. The second kappa shape index (κ2) is 3.06. The van der Waals surface area contributed by atoms with Gasteiger partial charge in [-0.1, -0.05) is 0 Å². The van der Waals surface area contributed by atoms with Gasteiger partial charge in [-0.15, -0.1) is 0 Å². The minimum atomic E-state index is -3.19. The van der Waals surface area contributed by atoms with Gasteiger partial charge in [0.25, 0.3) is 5.91 Å². The molecule has 0 bridgehead atoms. The quantitative estimate of drug-likeness (QED) is 0.706. The molecule has 1 aromatic carbocycles. The molecule has 0 aliphatic carbocycles. The molecule has 15 heavy (non-hydrogen) atoms. The molecule has 5 heteroatoms. The standard InChI is InChI=1S/C10H11NO3S/c1-11-6-7-5-8(15(2,13)14)3-4-9(7)10(11)12/h3-5H,6H2,1-2H3. The van der Waals surface area contributed by atoms with Crippen molar-refractivity contribution in [2.75, 3.05) is 13.3 Å². The lowest BCUT2D eigenvalue weighted by atomic mass is 10.1. The summed E-state index contributed by atoms with van der Waals surface area (Å²) >= 11 is 0. The van der Waals surface area contributed by atoms with Crippen LogP contribution in [0.25, 0.3) is 0 Å².